The zero-order valence-corrected chi connectivity index (χ0v) is 23.0. The van der Waals surface area contributed by atoms with E-state index in [0.29, 0.717) is 42.2 Å². The minimum Gasteiger partial charge on any atom is -0.460 e. The summed E-state index contributed by atoms with van der Waals surface area (Å²) in [7, 11) is 0. The van der Waals surface area contributed by atoms with E-state index in [0.717, 1.165) is 53.8 Å². The normalized spacial score (nSPS) is 22.7. The Kier molecular flexibility index (Phi) is 7.10. The van der Waals surface area contributed by atoms with Crippen LogP contribution in [0.15, 0.2) is 24.3 Å². The Bertz CT molecular complexity index is 1250. The molecule has 1 fully saturated rings. The third-order valence-electron chi connectivity index (χ3n) is 7.92. The van der Waals surface area contributed by atoms with Gasteiger partial charge >= 0.3 is 5.97 Å². The second-order valence-corrected chi connectivity index (χ2v) is 12.4. The molecule has 0 saturated heterocycles. The average Bonchev–Trinajstić information content (AvgIpc) is 3.62. The number of fused-ring (bicyclic) bond motifs is 1. The lowest BCUT2D eigenvalue weighted by molar-refractivity contribution is -0.160. The Hall–Kier alpha value is -2.44. The van der Waals surface area contributed by atoms with Gasteiger partial charge in [-0.3, -0.25) is 9.59 Å². The lowest BCUT2D eigenvalue weighted by Gasteiger charge is -2.27. The summed E-state index contributed by atoms with van der Waals surface area (Å²) in [6, 6.07) is 5.69. The number of aliphatic hydroxyl groups excluding tert-OH is 1. The molecule has 1 aromatic carbocycles. The van der Waals surface area contributed by atoms with E-state index in [1.807, 2.05) is 39.8 Å². The maximum Gasteiger partial charge on any atom is 0.309 e. The lowest BCUT2D eigenvalue weighted by atomic mass is 9.81. The Morgan fingerprint density at radius 2 is 1.92 bits per heavy atom. The molecular weight excluding hydrogens is 488 g/mol. The smallest absolute Gasteiger partial charge is 0.309 e. The van der Waals surface area contributed by atoms with Crippen LogP contribution < -0.4 is 0 Å². The molecule has 0 spiro atoms. The van der Waals surface area contributed by atoms with Crippen molar-refractivity contribution < 1.29 is 19.4 Å². The molecule has 198 valence electrons. The molecule has 3 aliphatic rings. The maximum atomic E-state index is 14.0. The Morgan fingerprint density at radius 1 is 1.16 bits per heavy atom. The average molecular weight is 525 g/mol. The largest absolute Gasteiger partial charge is 0.460 e. The number of benzene rings is 1. The molecule has 0 aliphatic heterocycles. The molecule has 3 atom stereocenters. The number of aromatic nitrogens is 2. The monoisotopic (exact) mass is 524 g/mol. The van der Waals surface area contributed by atoms with Crippen molar-refractivity contribution >= 4 is 29.1 Å². The van der Waals surface area contributed by atoms with Crippen molar-refractivity contribution in [3.63, 3.8) is 0 Å². The van der Waals surface area contributed by atoms with Gasteiger partial charge in [0.05, 0.1) is 34.0 Å². The van der Waals surface area contributed by atoms with Crippen molar-refractivity contribution in [1.82, 2.24) is 9.78 Å². The van der Waals surface area contributed by atoms with E-state index in [9.17, 15) is 14.7 Å². The number of nitrogens with zero attached hydrogens (tertiary/aromatic N) is 2. The van der Waals surface area contributed by atoms with Gasteiger partial charge in [-0.1, -0.05) is 29.8 Å². The van der Waals surface area contributed by atoms with Crippen LogP contribution in [0.4, 0.5) is 0 Å². The van der Waals surface area contributed by atoms with Crippen molar-refractivity contribution in [3.05, 3.63) is 57.4 Å². The van der Waals surface area contributed by atoms with E-state index in [1.54, 1.807) is 10.7 Å². The molecular formula is C30H37ClN2O4. The van der Waals surface area contributed by atoms with Gasteiger partial charge in [0.2, 0.25) is 0 Å². The zero-order valence-electron chi connectivity index (χ0n) is 22.2. The first-order valence-corrected chi connectivity index (χ1v) is 14.0. The molecule has 37 heavy (non-hydrogen) atoms. The summed E-state index contributed by atoms with van der Waals surface area (Å²) in [4.78, 5) is 26.6. The van der Waals surface area contributed by atoms with Gasteiger partial charge in [0, 0.05) is 5.56 Å². The summed E-state index contributed by atoms with van der Waals surface area (Å²) < 4.78 is 7.17. The highest BCUT2D eigenvalue weighted by molar-refractivity contribution is 6.34. The number of carbonyl (C=O) groups excluding carboxylic acids is 2. The standard InChI is InChI=1S/C30H37ClN2O4/c1-17(34)21-14-15-23-25(16-21)33(28(35)26-22(18-8-9-18)6-5-7-24(26)31)32-27(23)19-10-12-20(13-11-19)29(36)37-30(2,3)4/h5-7,10,17-18,20-21,34H,8-9,11-16H2,1-4H3. The fourth-order valence-electron chi connectivity index (χ4n) is 5.73. The first-order chi connectivity index (χ1) is 17.5. The number of carbonyl (C=O) groups is 2. The van der Waals surface area contributed by atoms with Crippen LogP contribution in [-0.2, 0) is 22.4 Å². The number of rotatable bonds is 5. The SMILES string of the molecule is CC(O)C1CCc2c(C3=CCC(C(=O)OC(C)(C)C)CC3)nn(C(=O)c3c(Cl)cccc3C3CC3)c2C1. The number of halogens is 1. The van der Waals surface area contributed by atoms with E-state index in [4.69, 9.17) is 21.4 Å². The highest BCUT2D eigenvalue weighted by Gasteiger charge is 2.36. The van der Waals surface area contributed by atoms with Crippen LogP contribution in [0.1, 0.15) is 105 Å². The van der Waals surface area contributed by atoms with E-state index >= 15 is 0 Å². The van der Waals surface area contributed by atoms with Gasteiger partial charge in [0.15, 0.2) is 0 Å². The molecule has 7 heteroatoms. The van der Waals surface area contributed by atoms with Crippen LogP contribution >= 0.6 is 11.6 Å². The summed E-state index contributed by atoms with van der Waals surface area (Å²) in [5, 5.41) is 15.7. The Balaban J connectivity index is 1.50. The molecule has 1 aromatic heterocycles. The second-order valence-electron chi connectivity index (χ2n) is 11.9. The molecule has 3 unspecified atom stereocenters. The third-order valence-corrected chi connectivity index (χ3v) is 8.23. The molecule has 1 heterocycles. The minimum absolute atomic E-state index is 0.0784. The van der Waals surface area contributed by atoms with Gasteiger partial charge in [-0.2, -0.15) is 9.78 Å². The summed E-state index contributed by atoms with van der Waals surface area (Å²) in [5.41, 5.74) is 4.96. The van der Waals surface area contributed by atoms with E-state index in [2.05, 4.69) is 6.08 Å². The number of ether oxygens (including phenoxy) is 1. The topological polar surface area (TPSA) is 81.4 Å². The fourth-order valence-corrected chi connectivity index (χ4v) is 5.99. The van der Waals surface area contributed by atoms with Crippen molar-refractivity contribution in [2.45, 2.75) is 96.7 Å². The summed E-state index contributed by atoms with van der Waals surface area (Å²) >= 11 is 6.60. The Morgan fingerprint density at radius 3 is 2.54 bits per heavy atom. The van der Waals surface area contributed by atoms with Crippen LogP contribution in [0.5, 0.6) is 0 Å². The van der Waals surface area contributed by atoms with Crippen molar-refractivity contribution in [2.24, 2.45) is 11.8 Å². The maximum absolute atomic E-state index is 14.0. The van der Waals surface area contributed by atoms with Crippen LogP contribution in [0, 0.1) is 11.8 Å². The van der Waals surface area contributed by atoms with Gasteiger partial charge < -0.3 is 9.84 Å². The molecule has 6 nitrogen and oxygen atoms in total. The van der Waals surface area contributed by atoms with E-state index in [-0.39, 0.29) is 23.7 Å². The number of hydrogen-bond donors (Lipinski definition) is 1. The number of hydrogen-bond acceptors (Lipinski definition) is 5. The Labute approximate surface area is 224 Å². The fraction of sp³-hybridized carbons (Fsp3) is 0.567. The van der Waals surface area contributed by atoms with Crippen molar-refractivity contribution in [2.75, 3.05) is 0 Å². The zero-order chi connectivity index (χ0) is 26.5. The molecule has 1 N–H and O–H groups in total. The predicted octanol–water partition coefficient (Wildman–Crippen LogP) is 6.11. The first kappa shape index (κ1) is 26.2. The van der Waals surface area contributed by atoms with E-state index < -0.39 is 11.7 Å². The van der Waals surface area contributed by atoms with Crippen LogP contribution in [0.3, 0.4) is 0 Å². The number of allylic oxidation sites excluding steroid dienone is 2. The summed E-state index contributed by atoms with van der Waals surface area (Å²) in [6.45, 7) is 7.48. The minimum atomic E-state index is -0.502. The number of aliphatic hydroxyl groups is 1. The summed E-state index contributed by atoms with van der Waals surface area (Å²) in [6.07, 6.45) is 8.00. The molecule has 2 aromatic rings. The van der Waals surface area contributed by atoms with Crippen molar-refractivity contribution in [3.8, 4) is 0 Å². The second kappa shape index (κ2) is 10.0. The molecule has 0 bridgehead atoms. The quantitative estimate of drug-likeness (QED) is 0.477. The van der Waals surface area contributed by atoms with Gasteiger partial charge in [-0.05, 0) is 108 Å². The van der Waals surface area contributed by atoms with Crippen LogP contribution in [-0.4, -0.2) is 38.5 Å². The third kappa shape index (κ3) is 5.42. The van der Waals surface area contributed by atoms with Crippen molar-refractivity contribution in [1.29, 1.82) is 0 Å². The van der Waals surface area contributed by atoms with Gasteiger partial charge in [0.1, 0.15) is 5.60 Å². The molecule has 1 saturated carbocycles. The van der Waals surface area contributed by atoms with Crippen LogP contribution in [0.25, 0.3) is 5.57 Å². The first-order valence-electron chi connectivity index (χ1n) is 13.6. The molecule has 0 amide bonds. The highest BCUT2D eigenvalue weighted by Crippen LogP contribution is 2.44. The lowest BCUT2D eigenvalue weighted by Crippen LogP contribution is -2.29. The van der Waals surface area contributed by atoms with Gasteiger partial charge in [-0.25, -0.2) is 0 Å². The molecule has 0 radical (unpaired) electrons. The number of esters is 1. The van der Waals surface area contributed by atoms with Gasteiger partial charge in [0.25, 0.3) is 5.91 Å². The van der Waals surface area contributed by atoms with Gasteiger partial charge in [-0.15, -0.1) is 0 Å². The highest BCUT2D eigenvalue weighted by atomic mass is 35.5. The predicted molar refractivity (Wildman–Crippen MR) is 144 cm³/mol. The van der Waals surface area contributed by atoms with Crippen LogP contribution in [0.2, 0.25) is 5.02 Å². The summed E-state index contributed by atoms with van der Waals surface area (Å²) in [5.74, 6) is -0.0542. The molecule has 5 rings (SSSR count). The van der Waals surface area contributed by atoms with E-state index in [1.165, 1.54) is 0 Å². The molecule has 3 aliphatic carbocycles.